The summed E-state index contributed by atoms with van der Waals surface area (Å²) in [6, 6.07) is 14.8. The highest BCUT2D eigenvalue weighted by Gasteiger charge is 2.14. The van der Waals surface area contributed by atoms with E-state index >= 15 is 0 Å². The molecule has 4 aromatic rings. The fraction of sp³-hybridized carbons (Fsp3) is 0.105. The van der Waals surface area contributed by atoms with Gasteiger partial charge in [0.1, 0.15) is 5.69 Å². The summed E-state index contributed by atoms with van der Waals surface area (Å²) in [5.74, 6) is 0.409. The molecule has 1 N–H and O–H groups in total. The molecular weight excluding hydrogens is 342 g/mol. The Balaban J connectivity index is 1.64. The number of para-hydroxylation sites is 2. The molecule has 0 saturated heterocycles. The largest absolute Gasteiger partial charge is 0.324 e. The van der Waals surface area contributed by atoms with Crippen molar-refractivity contribution in [1.29, 1.82) is 0 Å². The maximum Gasteiger partial charge on any atom is 0.274 e. The van der Waals surface area contributed by atoms with Gasteiger partial charge in [0.05, 0.1) is 11.4 Å². The van der Waals surface area contributed by atoms with Gasteiger partial charge in [0.2, 0.25) is 0 Å². The summed E-state index contributed by atoms with van der Waals surface area (Å²) in [6.07, 6.45) is 6.12. The zero-order chi connectivity index (χ0) is 18.6. The number of hydrogen-bond donors (Lipinski definition) is 1. The first-order chi connectivity index (χ1) is 13.3. The van der Waals surface area contributed by atoms with Gasteiger partial charge >= 0.3 is 0 Å². The summed E-state index contributed by atoms with van der Waals surface area (Å²) in [5.41, 5.74) is 2.50. The van der Waals surface area contributed by atoms with Crippen molar-refractivity contribution in [3.8, 4) is 11.4 Å². The Labute approximate surface area is 155 Å². The molecule has 27 heavy (non-hydrogen) atoms. The molecule has 3 heterocycles. The molecule has 0 fully saturated rings. The SMILES string of the molecule is CCc1nnnn1-c1ccccc1NC(=O)c1cc(-n2cccc2)ccn1. The number of amides is 1. The van der Waals surface area contributed by atoms with Crippen molar-refractivity contribution >= 4 is 11.6 Å². The monoisotopic (exact) mass is 359 g/mol. The van der Waals surface area contributed by atoms with E-state index in [0.29, 0.717) is 29.3 Å². The molecule has 0 aliphatic heterocycles. The molecule has 0 atom stereocenters. The van der Waals surface area contributed by atoms with Crippen LogP contribution in [0.1, 0.15) is 23.2 Å². The fourth-order valence-electron chi connectivity index (χ4n) is 2.77. The summed E-state index contributed by atoms with van der Waals surface area (Å²) in [7, 11) is 0. The summed E-state index contributed by atoms with van der Waals surface area (Å²) < 4.78 is 3.54. The van der Waals surface area contributed by atoms with Gasteiger partial charge in [-0.15, -0.1) is 5.10 Å². The minimum Gasteiger partial charge on any atom is -0.324 e. The third-order valence-corrected chi connectivity index (χ3v) is 4.11. The van der Waals surface area contributed by atoms with E-state index in [1.54, 1.807) is 16.9 Å². The number of carbonyl (C=O) groups is 1. The van der Waals surface area contributed by atoms with Crippen molar-refractivity contribution in [3.05, 3.63) is 78.6 Å². The van der Waals surface area contributed by atoms with E-state index < -0.39 is 0 Å². The predicted octanol–water partition coefficient (Wildman–Crippen LogP) is 2.66. The number of nitrogens with zero attached hydrogens (tertiary/aromatic N) is 6. The Morgan fingerprint density at radius 1 is 1.11 bits per heavy atom. The van der Waals surface area contributed by atoms with E-state index in [4.69, 9.17) is 0 Å². The summed E-state index contributed by atoms with van der Waals surface area (Å²) in [4.78, 5) is 17.0. The van der Waals surface area contributed by atoms with Crippen LogP contribution in [0.2, 0.25) is 0 Å². The number of tetrazole rings is 1. The molecule has 8 nitrogen and oxygen atoms in total. The summed E-state index contributed by atoms with van der Waals surface area (Å²) in [6.45, 7) is 1.97. The average molecular weight is 359 g/mol. The number of nitrogens with one attached hydrogen (secondary N) is 1. The fourth-order valence-corrected chi connectivity index (χ4v) is 2.77. The molecule has 0 unspecified atom stereocenters. The maximum atomic E-state index is 12.8. The van der Waals surface area contributed by atoms with Crippen LogP contribution in [0.3, 0.4) is 0 Å². The molecular formula is C19H17N7O. The van der Waals surface area contributed by atoms with Crippen LogP contribution in [-0.2, 0) is 6.42 Å². The first kappa shape index (κ1) is 16.6. The molecule has 1 amide bonds. The second-order valence-electron chi connectivity index (χ2n) is 5.82. The second kappa shape index (κ2) is 7.20. The van der Waals surface area contributed by atoms with Gasteiger partial charge in [-0.25, -0.2) is 0 Å². The normalized spacial score (nSPS) is 10.7. The standard InChI is InChI=1S/C19H17N7O/c1-2-18-22-23-24-26(18)17-8-4-3-7-15(17)21-19(27)16-13-14(9-10-20-16)25-11-5-6-12-25/h3-13H,2H2,1H3,(H,21,27). The molecule has 0 aliphatic rings. The summed E-state index contributed by atoms with van der Waals surface area (Å²) >= 11 is 0. The lowest BCUT2D eigenvalue weighted by molar-refractivity contribution is 0.102. The highest BCUT2D eigenvalue weighted by atomic mass is 16.1. The van der Waals surface area contributed by atoms with Crippen LogP contribution >= 0.6 is 0 Å². The van der Waals surface area contributed by atoms with E-state index in [1.165, 1.54) is 0 Å². The first-order valence-corrected chi connectivity index (χ1v) is 8.53. The van der Waals surface area contributed by atoms with Crippen LogP contribution in [0.25, 0.3) is 11.4 Å². The van der Waals surface area contributed by atoms with Crippen LogP contribution in [0, 0.1) is 0 Å². The molecule has 0 saturated carbocycles. The predicted molar refractivity (Wildman–Crippen MR) is 100 cm³/mol. The molecule has 0 radical (unpaired) electrons. The van der Waals surface area contributed by atoms with Crippen molar-refractivity contribution in [1.82, 2.24) is 29.8 Å². The third kappa shape index (κ3) is 3.32. The number of anilines is 1. The number of benzene rings is 1. The van der Waals surface area contributed by atoms with E-state index in [-0.39, 0.29) is 5.91 Å². The lowest BCUT2D eigenvalue weighted by Gasteiger charge is -2.12. The Morgan fingerprint density at radius 3 is 2.74 bits per heavy atom. The van der Waals surface area contributed by atoms with Crippen LogP contribution in [0.15, 0.2) is 67.1 Å². The minimum absolute atomic E-state index is 0.303. The minimum atomic E-state index is -0.303. The van der Waals surface area contributed by atoms with Crippen molar-refractivity contribution in [2.75, 3.05) is 5.32 Å². The number of carbonyl (C=O) groups excluding carboxylic acids is 1. The quantitative estimate of drug-likeness (QED) is 0.592. The highest BCUT2D eigenvalue weighted by molar-refractivity contribution is 6.04. The molecule has 0 aliphatic carbocycles. The van der Waals surface area contributed by atoms with Crippen LogP contribution < -0.4 is 5.32 Å². The molecule has 0 bridgehead atoms. The van der Waals surface area contributed by atoms with E-state index in [0.717, 1.165) is 5.69 Å². The van der Waals surface area contributed by atoms with Gasteiger partial charge in [0, 0.05) is 30.7 Å². The number of aryl methyl sites for hydroxylation is 1. The van der Waals surface area contributed by atoms with E-state index in [9.17, 15) is 4.79 Å². The summed E-state index contributed by atoms with van der Waals surface area (Å²) in [5, 5.41) is 14.7. The zero-order valence-electron chi connectivity index (χ0n) is 14.6. The number of hydrogen-bond acceptors (Lipinski definition) is 5. The maximum absolute atomic E-state index is 12.8. The molecule has 134 valence electrons. The molecule has 8 heteroatoms. The van der Waals surface area contributed by atoms with Gasteiger partial charge in [0.25, 0.3) is 5.91 Å². The van der Waals surface area contributed by atoms with Gasteiger partial charge in [-0.3, -0.25) is 9.78 Å². The lowest BCUT2D eigenvalue weighted by Crippen LogP contribution is -2.16. The third-order valence-electron chi connectivity index (χ3n) is 4.11. The van der Waals surface area contributed by atoms with E-state index in [1.807, 2.05) is 66.3 Å². The van der Waals surface area contributed by atoms with Crippen LogP contribution in [-0.4, -0.2) is 35.7 Å². The zero-order valence-corrected chi connectivity index (χ0v) is 14.6. The van der Waals surface area contributed by atoms with Gasteiger partial charge in [0.15, 0.2) is 5.82 Å². The van der Waals surface area contributed by atoms with Crippen molar-refractivity contribution in [2.45, 2.75) is 13.3 Å². The van der Waals surface area contributed by atoms with Crippen LogP contribution in [0.4, 0.5) is 5.69 Å². The Kier molecular flexibility index (Phi) is 4.44. The topological polar surface area (TPSA) is 90.5 Å². The van der Waals surface area contributed by atoms with Crippen LogP contribution in [0.5, 0.6) is 0 Å². The van der Waals surface area contributed by atoms with Gasteiger partial charge in [-0.2, -0.15) is 4.68 Å². The molecule has 4 rings (SSSR count). The molecule has 1 aromatic carbocycles. The lowest BCUT2D eigenvalue weighted by atomic mass is 10.2. The smallest absolute Gasteiger partial charge is 0.274 e. The van der Waals surface area contributed by atoms with Gasteiger partial charge in [-0.05, 0) is 46.8 Å². The number of pyridine rings is 1. The number of aromatic nitrogens is 6. The first-order valence-electron chi connectivity index (χ1n) is 8.53. The Bertz CT molecular complexity index is 1070. The van der Waals surface area contributed by atoms with Crippen molar-refractivity contribution in [2.24, 2.45) is 0 Å². The second-order valence-corrected chi connectivity index (χ2v) is 5.82. The van der Waals surface area contributed by atoms with E-state index in [2.05, 4.69) is 25.8 Å². The molecule has 3 aromatic heterocycles. The van der Waals surface area contributed by atoms with Gasteiger partial charge < -0.3 is 9.88 Å². The highest BCUT2D eigenvalue weighted by Crippen LogP contribution is 2.21. The average Bonchev–Trinajstić information content (AvgIpc) is 3.40. The van der Waals surface area contributed by atoms with Gasteiger partial charge in [-0.1, -0.05) is 19.1 Å². The van der Waals surface area contributed by atoms with Crippen molar-refractivity contribution < 1.29 is 4.79 Å². The Hall–Kier alpha value is -3.81. The molecule has 0 spiro atoms. The van der Waals surface area contributed by atoms with Crippen molar-refractivity contribution in [3.63, 3.8) is 0 Å². The Morgan fingerprint density at radius 2 is 1.93 bits per heavy atom. The number of rotatable bonds is 5.